The van der Waals surface area contributed by atoms with E-state index in [-0.39, 0.29) is 5.91 Å². The van der Waals surface area contributed by atoms with Gasteiger partial charge in [-0.15, -0.1) is 0 Å². The van der Waals surface area contributed by atoms with Gasteiger partial charge in [-0.3, -0.25) is 4.79 Å². The first kappa shape index (κ1) is 19.9. The molecule has 0 aliphatic carbocycles. The van der Waals surface area contributed by atoms with Gasteiger partial charge in [0.2, 0.25) is 5.91 Å². The SMILES string of the molecule is CCCCCCCCCCCNC(=O)CCCCCBr. The summed E-state index contributed by atoms with van der Waals surface area (Å²) in [5.41, 5.74) is 0. The van der Waals surface area contributed by atoms with Crippen LogP contribution in [0.3, 0.4) is 0 Å². The van der Waals surface area contributed by atoms with Gasteiger partial charge in [-0.2, -0.15) is 0 Å². The predicted octanol–water partition coefficient (Wildman–Crippen LogP) is 5.59. The highest BCUT2D eigenvalue weighted by Gasteiger charge is 2.00. The Morgan fingerprint density at radius 1 is 0.800 bits per heavy atom. The average Bonchev–Trinajstić information content (AvgIpc) is 2.45. The van der Waals surface area contributed by atoms with Crippen LogP contribution in [0.25, 0.3) is 0 Å². The predicted molar refractivity (Wildman–Crippen MR) is 92.5 cm³/mol. The molecule has 3 heteroatoms. The molecule has 0 atom stereocenters. The van der Waals surface area contributed by atoms with Gasteiger partial charge in [-0.25, -0.2) is 0 Å². The third kappa shape index (κ3) is 16.0. The van der Waals surface area contributed by atoms with Crippen molar-refractivity contribution >= 4 is 21.8 Å². The molecule has 0 aliphatic rings. The number of carbonyl (C=O) groups excluding carboxylic acids is 1. The van der Waals surface area contributed by atoms with Crippen LogP contribution in [0.1, 0.15) is 90.4 Å². The minimum Gasteiger partial charge on any atom is -0.356 e. The lowest BCUT2D eigenvalue weighted by molar-refractivity contribution is -0.121. The second-order valence-corrected chi connectivity index (χ2v) is 6.47. The van der Waals surface area contributed by atoms with Crippen LogP contribution >= 0.6 is 15.9 Å². The van der Waals surface area contributed by atoms with Crippen molar-refractivity contribution in [1.29, 1.82) is 0 Å². The molecule has 0 unspecified atom stereocenters. The minimum absolute atomic E-state index is 0.235. The third-order valence-electron chi connectivity index (χ3n) is 3.64. The zero-order chi connectivity index (χ0) is 14.9. The van der Waals surface area contributed by atoms with Crippen molar-refractivity contribution < 1.29 is 4.79 Å². The molecule has 0 heterocycles. The number of alkyl halides is 1. The summed E-state index contributed by atoms with van der Waals surface area (Å²) in [7, 11) is 0. The monoisotopic (exact) mass is 347 g/mol. The first-order chi connectivity index (χ1) is 9.81. The molecule has 0 radical (unpaired) electrons. The van der Waals surface area contributed by atoms with E-state index in [1.807, 2.05) is 0 Å². The van der Waals surface area contributed by atoms with Crippen molar-refractivity contribution in [3.8, 4) is 0 Å². The number of carbonyl (C=O) groups is 1. The Kier molecular flexibility index (Phi) is 17.0. The number of hydrogen-bond donors (Lipinski definition) is 1. The quantitative estimate of drug-likeness (QED) is 0.303. The van der Waals surface area contributed by atoms with E-state index in [1.54, 1.807) is 0 Å². The van der Waals surface area contributed by atoms with E-state index < -0.39 is 0 Å². The lowest BCUT2D eigenvalue weighted by Crippen LogP contribution is -2.23. The van der Waals surface area contributed by atoms with Crippen molar-refractivity contribution in [3.05, 3.63) is 0 Å². The van der Waals surface area contributed by atoms with Gasteiger partial charge in [0.1, 0.15) is 0 Å². The summed E-state index contributed by atoms with van der Waals surface area (Å²) in [5, 5.41) is 4.08. The molecule has 0 aromatic heterocycles. The van der Waals surface area contributed by atoms with Crippen molar-refractivity contribution in [2.75, 3.05) is 11.9 Å². The Hall–Kier alpha value is -0.0500. The molecular weight excluding hydrogens is 314 g/mol. The molecule has 1 N–H and O–H groups in total. The standard InChI is InChI=1S/C17H34BrNO/c1-2-3-4-5-6-7-8-9-13-16-19-17(20)14-11-10-12-15-18/h2-16H2,1H3,(H,19,20). The molecular formula is C17H34BrNO. The zero-order valence-electron chi connectivity index (χ0n) is 13.4. The Morgan fingerprint density at radius 2 is 1.35 bits per heavy atom. The average molecular weight is 348 g/mol. The van der Waals surface area contributed by atoms with Gasteiger partial charge < -0.3 is 5.32 Å². The molecule has 2 nitrogen and oxygen atoms in total. The molecule has 0 aromatic rings. The molecule has 0 spiro atoms. The topological polar surface area (TPSA) is 29.1 Å². The molecule has 0 aliphatic heterocycles. The van der Waals surface area contributed by atoms with Crippen LogP contribution in [0, 0.1) is 0 Å². The second-order valence-electron chi connectivity index (χ2n) is 5.68. The van der Waals surface area contributed by atoms with Crippen LogP contribution in [-0.2, 0) is 4.79 Å². The number of amides is 1. The lowest BCUT2D eigenvalue weighted by Gasteiger charge is -2.05. The normalized spacial score (nSPS) is 10.7. The number of unbranched alkanes of at least 4 members (excludes halogenated alkanes) is 10. The van der Waals surface area contributed by atoms with Crippen molar-refractivity contribution in [2.24, 2.45) is 0 Å². The molecule has 0 fully saturated rings. The van der Waals surface area contributed by atoms with Crippen molar-refractivity contribution in [2.45, 2.75) is 90.4 Å². The van der Waals surface area contributed by atoms with Crippen LogP contribution < -0.4 is 5.32 Å². The van der Waals surface area contributed by atoms with Crippen LogP contribution in [0.15, 0.2) is 0 Å². The Labute approximate surface area is 134 Å². The first-order valence-corrected chi connectivity index (χ1v) is 9.76. The molecule has 0 rings (SSSR count). The third-order valence-corrected chi connectivity index (χ3v) is 4.20. The Morgan fingerprint density at radius 3 is 1.95 bits per heavy atom. The van der Waals surface area contributed by atoms with Gasteiger partial charge in [0.15, 0.2) is 0 Å². The second kappa shape index (κ2) is 17.0. The highest BCUT2D eigenvalue weighted by molar-refractivity contribution is 9.09. The fourth-order valence-corrected chi connectivity index (χ4v) is 2.71. The maximum absolute atomic E-state index is 11.5. The van der Waals surface area contributed by atoms with Crippen LogP contribution in [0.2, 0.25) is 0 Å². The van der Waals surface area contributed by atoms with E-state index in [9.17, 15) is 4.79 Å². The number of rotatable bonds is 15. The van der Waals surface area contributed by atoms with Crippen LogP contribution in [0.4, 0.5) is 0 Å². The van der Waals surface area contributed by atoms with E-state index in [0.717, 1.165) is 31.1 Å². The number of hydrogen-bond acceptors (Lipinski definition) is 1. The van der Waals surface area contributed by atoms with Crippen molar-refractivity contribution in [3.63, 3.8) is 0 Å². The highest BCUT2D eigenvalue weighted by Crippen LogP contribution is 2.09. The number of nitrogens with one attached hydrogen (secondary N) is 1. The molecule has 0 saturated heterocycles. The van der Waals surface area contributed by atoms with Crippen LogP contribution in [-0.4, -0.2) is 17.8 Å². The Bertz CT molecular complexity index is 209. The van der Waals surface area contributed by atoms with Gasteiger partial charge in [0, 0.05) is 18.3 Å². The van der Waals surface area contributed by atoms with Gasteiger partial charge in [-0.1, -0.05) is 80.6 Å². The van der Waals surface area contributed by atoms with E-state index >= 15 is 0 Å². The zero-order valence-corrected chi connectivity index (χ0v) is 15.0. The fraction of sp³-hybridized carbons (Fsp3) is 0.941. The highest BCUT2D eigenvalue weighted by atomic mass is 79.9. The summed E-state index contributed by atoms with van der Waals surface area (Å²) in [6.07, 6.45) is 16.1. The van der Waals surface area contributed by atoms with E-state index in [1.165, 1.54) is 57.8 Å². The van der Waals surface area contributed by atoms with E-state index in [4.69, 9.17) is 0 Å². The largest absolute Gasteiger partial charge is 0.356 e. The Balaban J connectivity index is 3.09. The molecule has 0 bridgehead atoms. The lowest BCUT2D eigenvalue weighted by atomic mass is 10.1. The minimum atomic E-state index is 0.235. The van der Waals surface area contributed by atoms with Gasteiger partial charge in [0.25, 0.3) is 0 Å². The molecule has 20 heavy (non-hydrogen) atoms. The van der Waals surface area contributed by atoms with Crippen molar-refractivity contribution in [1.82, 2.24) is 5.32 Å². The maximum atomic E-state index is 11.5. The summed E-state index contributed by atoms with van der Waals surface area (Å²) in [6, 6.07) is 0. The van der Waals surface area contributed by atoms with E-state index in [0.29, 0.717) is 6.42 Å². The summed E-state index contributed by atoms with van der Waals surface area (Å²) < 4.78 is 0. The van der Waals surface area contributed by atoms with Gasteiger partial charge >= 0.3 is 0 Å². The first-order valence-electron chi connectivity index (χ1n) is 8.64. The molecule has 0 saturated carbocycles. The van der Waals surface area contributed by atoms with E-state index in [2.05, 4.69) is 28.2 Å². The molecule has 120 valence electrons. The summed E-state index contributed by atoms with van der Waals surface area (Å²) in [5.74, 6) is 0.235. The maximum Gasteiger partial charge on any atom is 0.219 e. The van der Waals surface area contributed by atoms with Gasteiger partial charge in [0.05, 0.1) is 0 Å². The molecule has 0 aromatic carbocycles. The number of halogens is 1. The fourth-order valence-electron chi connectivity index (χ4n) is 2.31. The van der Waals surface area contributed by atoms with Crippen LogP contribution in [0.5, 0.6) is 0 Å². The summed E-state index contributed by atoms with van der Waals surface area (Å²) in [4.78, 5) is 11.5. The summed E-state index contributed by atoms with van der Waals surface area (Å²) >= 11 is 3.41. The molecule has 1 amide bonds. The smallest absolute Gasteiger partial charge is 0.219 e. The van der Waals surface area contributed by atoms with Gasteiger partial charge in [-0.05, 0) is 19.3 Å². The summed E-state index contributed by atoms with van der Waals surface area (Å²) in [6.45, 7) is 3.13.